The highest BCUT2D eigenvalue weighted by Crippen LogP contribution is 2.24. The summed E-state index contributed by atoms with van der Waals surface area (Å²) in [5.41, 5.74) is 2.51. The lowest BCUT2D eigenvalue weighted by Gasteiger charge is -1.93. The molecule has 1 aromatic heterocycles. The van der Waals surface area contributed by atoms with Gasteiger partial charge in [-0.3, -0.25) is 0 Å². The van der Waals surface area contributed by atoms with Crippen molar-refractivity contribution in [2.24, 2.45) is 0 Å². The van der Waals surface area contributed by atoms with Gasteiger partial charge in [0.05, 0.1) is 0 Å². The van der Waals surface area contributed by atoms with Crippen LogP contribution in [0.4, 0.5) is 0 Å². The number of rotatable bonds is 0. The van der Waals surface area contributed by atoms with Crippen molar-refractivity contribution in [3.05, 3.63) is 34.4 Å². The monoisotopic (exact) mass is 253 g/mol. The number of benzene rings is 1. The van der Waals surface area contributed by atoms with E-state index in [1.54, 1.807) is 0 Å². The van der Waals surface area contributed by atoms with Gasteiger partial charge in [-0.15, -0.1) is 0 Å². The molecule has 1 aromatic carbocycles. The molecule has 0 fully saturated rings. The molecular weight excluding hydrogens is 246 g/mol. The zero-order chi connectivity index (χ0) is 10.6. The number of aromatic amines is 1. The van der Waals surface area contributed by atoms with Crippen molar-refractivity contribution < 1.29 is 9.59 Å². The molecule has 14 heavy (non-hydrogen) atoms. The van der Waals surface area contributed by atoms with Crippen LogP contribution in [0.3, 0.4) is 0 Å². The summed E-state index contributed by atoms with van der Waals surface area (Å²) < 4.78 is 1.14. The van der Waals surface area contributed by atoms with Crippen LogP contribution in [-0.4, -0.2) is 11.1 Å². The predicted molar refractivity (Wildman–Crippen MR) is 55.7 cm³/mol. The molecule has 0 aliphatic rings. The molecule has 0 unspecified atom stereocenters. The van der Waals surface area contributed by atoms with Crippen molar-refractivity contribution in [3.63, 3.8) is 0 Å². The van der Waals surface area contributed by atoms with Gasteiger partial charge in [-0.1, -0.05) is 18.2 Å². The van der Waals surface area contributed by atoms with Crippen LogP contribution in [0, 0.1) is 6.92 Å². The minimum absolute atomic E-state index is 0.250. The zero-order valence-corrected chi connectivity index (χ0v) is 9.09. The SMILES string of the molecule is Cc1cccc2c(Br)c[nH]c12.O=C=O. The predicted octanol–water partition coefficient (Wildman–Crippen LogP) is 2.66. The second-order valence-electron chi connectivity index (χ2n) is 2.72. The number of fused-ring (bicyclic) bond motifs is 1. The number of halogens is 1. The Labute approximate surface area is 89.2 Å². The molecule has 0 spiro atoms. The van der Waals surface area contributed by atoms with E-state index in [-0.39, 0.29) is 6.15 Å². The van der Waals surface area contributed by atoms with Crippen molar-refractivity contribution in [2.45, 2.75) is 6.92 Å². The quantitative estimate of drug-likeness (QED) is 0.785. The molecule has 0 atom stereocenters. The van der Waals surface area contributed by atoms with E-state index in [4.69, 9.17) is 9.59 Å². The van der Waals surface area contributed by atoms with E-state index in [9.17, 15) is 0 Å². The number of H-pyrrole nitrogens is 1. The first kappa shape index (κ1) is 10.7. The number of hydrogen-bond acceptors (Lipinski definition) is 2. The number of carbonyl (C=O) groups excluding carboxylic acids is 2. The third-order valence-electron chi connectivity index (χ3n) is 1.87. The van der Waals surface area contributed by atoms with E-state index in [1.807, 2.05) is 6.20 Å². The van der Waals surface area contributed by atoms with Crippen molar-refractivity contribution in [2.75, 3.05) is 0 Å². The van der Waals surface area contributed by atoms with Crippen molar-refractivity contribution in [1.82, 2.24) is 4.98 Å². The molecular formula is C10H8BrNO2. The smallest absolute Gasteiger partial charge is 0.360 e. The van der Waals surface area contributed by atoms with Crippen molar-refractivity contribution in [3.8, 4) is 0 Å². The van der Waals surface area contributed by atoms with Crippen LogP contribution in [0.25, 0.3) is 10.9 Å². The maximum atomic E-state index is 8.12. The first-order valence-corrected chi connectivity index (χ1v) is 4.71. The second-order valence-corrected chi connectivity index (χ2v) is 3.57. The van der Waals surface area contributed by atoms with Gasteiger partial charge in [0.1, 0.15) is 0 Å². The van der Waals surface area contributed by atoms with E-state index < -0.39 is 0 Å². The Hall–Kier alpha value is -1.38. The molecule has 2 rings (SSSR count). The van der Waals surface area contributed by atoms with Crippen LogP contribution < -0.4 is 0 Å². The summed E-state index contributed by atoms with van der Waals surface area (Å²) in [7, 11) is 0. The summed E-state index contributed by atoms with van der Waals surface area (Å²) in [6.07, 6.45) is 2.22. The van der Waals surface area contributed by atoms with Gasteiger partial charge in [0.2, 0.25) is 0 Å². The minimum Gasteiger partial charge on any atom is -0.360 e. The maximum Gasteiger partial charge on any atom is 0.373 e. The molecule has 1 N–H and O–H groups in total. The van der Waals surface area contributed by atoms with Gasteiger partial charge in [-0.2, -0.15) is 9.59 Å². The Bertz CT molecular complexity index is 470. The van der Waals surface area contributed by atoms with Gasteiger partial charge >= 0.3 is 6.15 Å². The summed E-state index contributed by atoms with van der Waals surface area (Å²) in [4.78, 5) is 19.5. The molecule has 0 bridgehead atoms. The molecule has 0 saturated heterocycles. The third kappa shape index (κ3) is 2.10. The van der Waals surface area contributed by atoms with E-state index >= 15 is 0 Å². The Balaban J connectivity index is 0.000000293. The third-order valence-corrected chi connectivity index (χ3v) is 2.53. The molecule has 72 valence electrons. The zero-order valence-electron chi connectivity index (χ0n) is 7.50. The number of aryl methyl sites for hydroxylation is 1. The van der Waals surface area contributed by atoms with Gasteiger partial charge in [0.25, 0.3) is 0 Å². The molecule has 0 aliphatic carbocycles. The van der Waals surface area contributed by atoms with Crippen LogP contribution in [0.15, 0.2) is 28.9 Å². The molecule has 3 nitrogen and oxygen atoms in total. The largest absolute Gasteiger partial charge is 0.373 e. The highest BCUT2D eigenvalue weighted by Gasteiger charge is 2.00. The van der Waals surface area contributed by atoms with Gasteiger partial charge in [-0.25, -0.2) is 0 Å². The lowest BCUT2D eigenvalue weighted by Crippen LogP contribution is -1.73. The molecule has 4 heteroatoms. The average Bonchev–Trinajstić information content (AvgIpc) is 2.51. The van der Waals surface area contributed by atoms with Gasteiger partial charge in [-0.05, 0) is 28.4 Å². The fraction of sp³-hybridized carbons (Fsp3) is 0.100. The lowest BCUT2D eigenvalue weighted by atomic mass is 10.2. The van der Waals surface area contributed by atoms with E-state index in [0.29, 0.717) is 0 Å². The standard InChI is InChI=1S/C9H8BrN.CO2/c1-6-3-2-4-7-8(10)5-11-9(6)7;2-1-3/h2-5,11H,1H3;. The Morgan fingerprint density at radius 1 is 1.36 bits per heavy atom. The van der Waals surface area contributed by atoms with Gasteiger partial charge < -0.3 is 4.98 Å². The fourth-order valence-electron chi connectivity index (χ4n) is 1.27. The van der Waals surface area contributed by atoms with Gasteiger partial charge in [0.15, 0.2) is 0 Å². The Kier molecular flexibility index (Phi) is 3.63. The summed E-state index contributed by atoms with van der Waals surface area (Å²) in [6.45, 7) is 2.10. The summed E-state index contributed by atoms with van der Waals surface area (Å²) in [5.74, 6) is 0. The molecule has 1 heterocycles. The number of nitrogens with one attached hydrogen (secondary N) is 1. The number of hydrogen-bond donors (Lipinski definition) is 1. The minimum atomic E-state index is 0.250. The Morgan fingerprint density at radius 3 is 2.57 bits per heavy atom. The highest BCUT2D eigenvalue weighted by molar-refractivity contribution is 9.10. The number of para-hydroxylation sites is 1. The van der Waals surface area contributed by atoms with Gasteiger partial charge in [0, 0.05) is 21.6 Å². The highest BCUT2D eigenvalue weighted by atomic mass is 79.9. The molecule has 0 saturated carbocycles. The van der Waals surface area contributed by atoms with E-state index in [1.165, 1.54) is 16.5 Å². The number of aromatic nitrogens is 1. The lowest BCUT2D eigenvalue weighted by molar-refractivity contribution is -0.191. The van der Waals surface area contributed by atoms with Crippen LogP contribution in [0.2, 0.25) is 0 Å². The first-order chi connectivity index (χ1) is 6.70. The molecule has 0 amide bonds. The maximum absolute atomic E-state index is 8.12. The second kappa shape index (κ2) is 4.74. The van der Waals surface area contributed by atoms with Crippen LogP contribution in [0.5, 0.6) is 0 Å². The van der Waals surface area contributed by atoms with Crippen LogP contribution >= 0.6 is 15.9 Å². The summed E-state index contributed by atoms with van der Waals surface area (Å²) in [6, 6.07) is 6.27. The normalized spacial score (nSPS) is 9.00. The van der Waals surface area contributed by atoms with Crippen LogP contribution in [-0.2, 0) is 9.59 Å². The first-order valence-electron chi connectivity index (χ1n) is 3.92. The van der Waals surface area contributed by atoms with E-state index in [0.717, 1.165) is 4.47 Å². The summed E-state index contributed by atoms with van der Waals surface area (Å²) in [5, 5.41) is 1.25. The van der Waals surface area contributed by atoms with E-state index in [2.05, 4.69) is 46.0 Å². The average molecular weight is 254 g/mol. The molecule has 0 radical (unpaired) electrons. The van der Waals surface area contributed by atoms with Crippen molar-refractivity contribution >= 4 is 33.0 Å². The Morgan fingerprint density at radius 2 is 2.00 bits per heavy atom. The van der Waals surface area contributed by atoms with Crippen LogP contribution in [0.1, 0.15) is 5.56 Å². The fourth-order valence-corrected chi connectivity index (χ4v) is 1.72. The summed E-state index contributed by atoms with van der Waals surface area (Å²) >= 11 is 3.47. The molecule has 2 aromatic rings. The topological polar surface area (TPSA) is 49.9 Å². The van der Waals surface area contributed by atoms with Crippen molar-refractivity contribution in [1.29, 1.82) is 0 Å². The molecule has 0 aliphatic heterocycles.